The number of urea groups is 1. The highest BCUT2D eigenvalue weighted by Gasteiger charge is 2.24. The Morgan fingerprint density at radius 1 is 1.06 bits per heavy atom. The first-order chi connectivity index (χ1) is 17.2. The van der Waals surface area contributed by atoms with Crippen LogP contribution in [0.1, 0.15) is 23.3 Å². The lowest BCUT2D eigenvalue weighted by Crippen LogP contribution is -2.49. The molecule has 0 radical (unpaired) electrons. The third kappa shape index (κ3) is 6.27. The van der Waals surface area contributed by atoms with Crippen LogP contribution in [-0.2, 0) is 9.84 Å². The smallest absolute Gasteiger partial charge is 0.319 e. The van der Waals surface area contributed by atoms with Crippen molar-refractivity contribution in [1.82, 2.24) is 15.3 Å². The molecule has 1 aliphatic rings. The first-order valence-electron chi connectivity index (χ1n) is 11.3. The number of primary amides is 1. The van der Waals surface area contributed by atoms with E-state index in [1.54, 1.807) is 12.1 Å². The van der Waals surface area contributed by atoms with Crippen LogP contribution in [0.4, 0.5) is 27.8 Å². The van der Waals surface area contributed by atoms with Gasteiger partial charge in [-0.25, -0.2) is 23.2 Å². The summed E-state index contributed by atoms with van der Waals surface area (Å²) in [5.41, 5.74) is 6.67. The second-order valence-electron chi connectivity index (χ2n) is 8.46. The first kappa shape index (κ1) is 24.9. The standard InChI is InChI=1S/C24H27N7O4S/c1-36(34,35)19-11-9-17(10-12-19)27-23-21(22(25)32)26-14-20(30-23)31-13-5-8-18(15-31)29-24(33)28-16-6-3-2-4-7-16/h2-4,6-7,9-12,14,18H,5,8,13,15H2,1H3,(H2,25,32)(H,27,30)(H2,28,29,33)/t18-/m1/s1. The van der Waals surface area contributed by atoms with Gasteiger partial charge in [-0.05, 0) is 49.2 Å². The van der Waals surface area contributed by atoms with E-state index in [0.29, 0.717) is 30.3 Å². The topological polar surface area (TPSA) is 159 Å². The summed E-state index contributed by atoms with van der Waals surface area (Å²) in [6.45, 7) is 1.21. The van der Waals surface area contributed by atoms with Gasteiger partial charge in [-0.2, -0.15) is 0 Å². The van der Waals surface area contributed by atoms with E-state index in [9.17, 15) is 18.0 Å². The highest BCUT2D eigenvalue weighted by atomic mass is 32.2. The zero-order valence-electron chi connectivity index (χ0n) is 19.6. The number of rotatable bonds is 7. The van der Waals surface area contributed by atoms with E-state index in [1.165, 1.54) is 18.3 Å². The fourth-order valence-corrected chi connectivity index (χ4v) is 4.53. The van der Waals surface area contributed by atoms with Crippen LogP contribution in [-0.4, -0.2) is 55.7 Å². The molecule has 1 saturated heterocycles. The number of carbonyl (C=O) groups excluding carboxylic acids is 2. The molecule has 5 N–H and O–H groups in total. The van der Waals surface area contributed by atoms with Crippen LogP contribution in [0, 0.1) is 0 Å². The maximum absolute atomic E-state index is 12.4. The number of hydrogen-bond donors (Lipinski definition) is 4. The van der Waals surface area contributed by atoms with Gasteiger partial charge in [0.15, 0.2) is 21.3 Å². The second-order valence-corrected chi connectivity index (χ2v) is 10.5. The lowest BCUT2D eigenvalue weighted by Gasteiger charge is -2.34. The average molecular weight is 510 g/mol. The van der Waals surface area contributed by atoms with Gasteiger partial charge in [0.2, 0.25) is 0 Å². The summed E-state index contributed by atoms with van der Waals surface area (Å²) < 4.78 is 23.4. The van der Waals surface area contributed by atoms with Crippen LogP contribution in [0.25, 0.3) is 0 Å². The minimum Gasteiger partial charge on any atom is -0.364 e. The van der Waals surface area contributed by atoms with Crippen molar-refractivity contribution in [3.8, 4) is 0 Å². The summed E-state index contributed by atoms with van der Waals surface area (Å²) in [4.78, 5) is 35.3. The molecule has 4 rings (SSSR count). The molecule has 2 heterocycles. The molecule has 2 aromatic carbocycles. The van der Waals surface area contributed by atoms with Crippen molar-refractivity contribution in [3.63, 3.8) is 0 Å². The lowest BCUT2D eigenvalue weighted by molar-refractivity contribution is 0.0996. The fourth-order valence-electron chi connectivity index (χ4n) is 3.90. The Balaban J connectivity index is 1.48. The second kappa shape index (κ2) is 10.6. The molecular weight excluding hydrogens is 482 g/mol. The number of para-hydroxylation sites is 1. The van der Waals surface area contributed by atoms with E-state index in [0.717, 1.165) is 19.1 Å². The number of aromatic nitrogens is 2. The molecule has 36 heavy (non-hydrogen) atoms. The van der Waals surface area contributed by atoms with Gasteiger partial charge in [0.1, 0.15) is 5.82 Å². The molecule has 0 aliphatic carbocycles. The third-order valence-corrected chi connectivity index (χ3v) is 6.78. The number of anilines is 4. The Bertz CT molecular complexity index is 1350. The van der Waals surface area contributed by atoms with Crippen molar-refractivity contribution in [2.24, 2.45) is 5.73 Å². The van der Waals surface area contributed by atoms with E-state index in [1.807, 2.05) is 35.2 Å². The molecular formula is C24H27N7O4S. The maximum atomic E-state index is 12.4. The van der Waals surface area contributed by atoms with E-state index < -0.39 is 15.7 Å². The highest BCUT2D eigenvalue weighted by Crippen LogP contribution is 2.24. The molecule has 1 fully saturated rings. The number of hydrogen-bond acceptors (Lipinski definition) is 8. The van der Waals surface area contributed by atoms with Crippen LogP contribution < -0.4 is 26.6 Å². The number of carbonyl (C=O) groups is 2. The maximum Gasteiger partial charge on any atom is 0.319 e. The van der Waals surface area contributed by atoms with Gasteiger partial charge in [-0.1, -0.05) is 18.2 Å². The number of nitrogens with zero attached hydrogens (tertiary/aromatic N) is 3. The van der Waals surface area contributed by atoms with Crippen LogP contribution in [0.5, 0.6) is 0 Å². The van der Waals surface area contributed by atoms with Gasteiger partial charge in [-0.3, -0.25) is 4.79 Å². The molecule has 0 spiro atoms. The normalized spacial score (nSPS) is 15.7. The van der Waals surface area contributed by atoms with E-state index in [2.05, 4.69) is 25.9 Å². The Hall–Kier alpha value is -4.19. The van der Waals surface area contributed by atoms with E-state index in [4.69, 9.17) is 5.73 Å². The third-order valence-electron chi connectivity index (χ3n) is 5.65. The lowest BCUT2D eigenvalue weighted by atomic mass is 10.1. The van der Waals surface area contributed by atoms with Gasteiger partial charge in [0, 0.05) is 36.8 Å². The summed E-state index contributed by atoms with van der Waals surface area (Å²) in [6.07, 6.45) is 4.24. The molecule has 0 unspecified atom stereocenters. The summed E-state index contributed by atoms with van der Waals surface area (Å²) in [6, 6.07) is 14.8. The number of nitrogens with two attached hydrogens (primary N) is 1. The number of benzene rings is 2. The van der Waals surface area contributed by atoms with Gasteiger partial charge in [-0.15, -0.1) is 0 Å². The van der Waals surface area contributed by atoms with E-state index >= 15 is 0 Å². The molecule has 12 heteroatoms. The SMILES string of the molecule is CS(=O)(=O)c1ccc(Nc2nc(N3CCC[C@@H](NC(=O)Nc4ccccc4)C3)cnc2C(N)=O)cc1. The summed E-state index contributed by atoms with van der Waals surface area (Å²) in [7, 11) is -3.34. The number of amides is 3. The predicted octanol–water partition coefficient (Wildman–Crippen LogP) is 2.51. The average Bonchev–Trinajstić information content (AvgIpc) is 2.84. The Kier molecular flexibility index (Phi) is 7.34. The molecule has 1 aromatic heterocycles. The van der Waals surface area contributed by atoms with Gasteiger partial charge >= 0.3 is 6.03 Å². The predicted molar refractivity (Wildman–Crippen MR) is 137 cm³/mol. The van der Waals surface area contributed by atoms with E-state index in [-0.39, 0.29) is 28.5 Å². The number of nitrogens with one attached hydrogen (secondary N) is 3. The summed E-state index contributed by atoms with van der Waals surface area (Å²) >= 11 is 0. The largest absolute Gasteiger partial charge is 0.364 e. The van der Waals surface area contributed by atoms with Gasteiger partial charge < -0.3 is 26.6 Å². The van der Waals surface area contributed by atoms with Crippen molar-refractivity contribution >= 4 is 44.8 Å². The minimum atomic E-state index is -3.34. The van der Waals surface area contributed by atoms with Gasteiger partial charge in [0.05, 0.1) is 11.1 Å². The highest BCUT2D eigenvalue weighted by molar-refractivity contribution is 7.90. The van der Waals surface area contributed by atoms with Crippen LogP contribution in [0.2, 0.25) is 0 Å². The Morgan fingerprint density at radius 3 is 2.44 bits per heavy atom. The van der Waals surface area contributed by atoms with Crippen molar-refractivity contribution in [3.05, 3.63) is 66.5 Å². The molecule has 11 nitrogen and oxygen atoms in total. The van der Waals surface area contributed by atoms with Crippen molar-refractivity contribution in [2.45, 2.75) is 23.8 Å². The zero-order valence-corrected chi connectivity index (χ0v) is 20.5. The Morgan fingerprint density at radius 2 is 1.78 bits per heavy atom. The zero-order chi connectivity index (χ0) is 25.7. The molecule has 188 valence electrons. The Labute approximate surface area is 209 Å². The molecule has 0 bridgehead atoms. The molecule has 3 amide bonds. The quantitative estimate of drug-likeness (QED) is 0.378. The van der Waals surface area contributed by atoms with Crippen LogP contribution >= 0.6 is 0 Å². The van der Waals surface area contributed by atoms with Crippen LogP contribution in [0.3, 0.4) is 0 Å². The van der Waals surface area contributed by atoms with Crippen molar-refractivity contribution < 1.29 is 18.0 Å². The minimum absolute atomic E-state index is 0.0418. The molecule has 1 aliphatic heterocycles. The molecule has 1 atom stereocenters. The van der Waals surface area contributed by atoms with Gasteiger partial charge in [0.25, 0.3) is 5.91 Å². The molecule has 3 aromatic rings. The van der Waals surface area contributed by atoms with Crippen LogP contribution in [0.15, 0.2) is 65.7 Å². The van der Waals surface area contributed by atoms with Crippen molar-refractivity contribution in [2.75, 3.05) is 34.9 Å². The monoisotopic (exact) mass is 509 g/mol. The molecule has 0 saturated carbocycles. The fraction of sp³-hybridized carbons (Fsp3) is 0.250. The van der Waals surface area contributed by atoms with Crippen molar-refractivity contribution in [1.29, 1.82) is 0 Å². The first-order valence-corrected chi connectivity index (χ1v) is 13.2. The number of sulfone groups is 1. The summed E-state index contributed by atoms with van der Waals surface area (Å²) in [5, 5.41) is 8.81. The summed E-state index contributed by atoms with van der Waals surface area (Å²) in [5.74, 6) is -0.0747. The number of piperidine rings is 1.